The summed E-state index contributed by atoms with van der Waals surface area (Å²) < 4.78 is 43.2. The predicted molar refractivity (Wildman–Crippen MR) is 114 cm³/mol. The molecule has 2 heterocycles. The number of aromatic nitrogens is 1. The molecule has 0 saturated heterocycles. The van der Waals surface area contributed by atoms with E-state index in [1.807, 2.05) is 0 Å². The molecule has 0 aliphatic heterocycles. The van der Waals surface area contributed by atoms with Gasteiger partial charge in [-0.3, -0.25) is 4.79 Å². The summed E-state index contributed by atoms with van der Waals surface area (Å²) in [4.78, 5) is 11.6. The number of carbonyl (C=O) groups is 1. The van der Waals surface area contributed by atoms with E-state index in [2.05, 4.69) is 0 Å². The number of rotatable bonds is 6. The van der Waals surface area contributed by atoms with Gasteiger partial charge in [0.1, 0.15) is 17.6 Å². The average molecular weight is 444 g/mol. The monoisotopic (exact) mass is 443 g/mol. The van der Waals surface area contributed by atoms with Gasteiger partial charge in [-0.1, -0.05) is 18.2 Å². The Bertz CT molecular complexity index is 1330. The highest BCUT2D eigenvalue weighted by Crippen LogP contribution is 2.42. The lowest BCUT2D eigenvalue weighted by Gasteiger charge is -2.18. The molecule has 1 unspecified atom stereocenters. The number of carboxylic acids is 1. The van der Waals surface area contributed by atoms with Gasteiger partial charge in [0, 0.05) is 22.2 Å². The first-order valence-electron chi connectivity index (χ1n) is 9.12. The lowest BCUT2D eigenvalue weighted by atomic mass is 10.0. The van der Waals surface area contributed by atoms with Crippen LogP contribution in [0.2, 0.25) is 0 Å². The number of aliphatic carboxylic acids is 1. The normalized spacial score (nSPS) is 12.9. The highest BCUT2D eigenvalue weighted by atomic mass is 32.2. The van der Waals surface area contributed by atoms with E-state index in [9.17, 15) is 22.7 Å². The van der Waals surface area contributed by atoms with Crippen molar-refractivity contribution >= 4 is 38.0 Å². The molecule has 2 aromatic heterocycles. The fourth-order valence-corrected chi connectivity index (χ4v) is 6.52. The second-order valence-electron chi connectivity index (χ2n) is 6.94. The summed E-state index contributed by atoms with van der Waals surface area (Å²) in [6.07, 6.45) is 0. The molecule has 0 aliphatic carbocycles. The van der Waals surface area contributed by atoms with Gasteiger partial charge in [-0.05, 0) is 59.6 Å². The van der Waals surface area contributed by atoms with Crippen LogP contribution in [0.1, 0.15) is 22.1 Å². The summed E-state index contributed by atoms with van der Waals surface area (Å²) >= 11 is 1.37. The molecule has 5 nitrogen and oxygen atoms in total. The lowest BCUT2D eigenvalue weighted by Crippen LogP contribution is -2.16. The van der Waals surface area contributed by atoms with Gasteiger partial charge in [-0.25, -0.2) is 12.8 Å². The number of carboxylic acid groups (broad SMARTS) is 1. The SMILES string of the molecule is Cc1c(C(c2ccsc2)S(=O)(=O)c2ccccc2)c2cc(F)ccc2n1CC(=O)O. The molecule has 1 N–H and O–H groups in total. The molecular formula is C22H18FNO4S2. The Hall–Kier alpha value is -2.97. The van der Waals surface area contributed by atoms with Crippen LogP contribution in [-0.2, 0) is 21.2 Å². The Kier molecular flexibility index (Phi) is 5.21. The number of hydrogen-bond acceptors (Lipinski definition) is 4. The van der Waals surface area contributed by atoms with E-state index in [-0.39, 0.29) is 11.4 Å². The van der Waals surface area contributed by atoms with E-state index in [4.69, 9.17) is 0 Å². The Morgan fingerprint density at radius 3 is 2.53 bits per heavy atom. The highest BCUT2D eigenvalue weighted by Gasteiger charge is 2.35. The van der Waals surface area contributed by atoms with Crippen LogP contribution in [0.5, 0.6) is 0 Å². The Labute approximate surface area is 176 Å². The molecule has 0 spiro atoms. The van der Waals surface area contributed by atoms with E-state index < -0.39 is 26.9 Å². The number of nitrogens with zero attached hydrogens (tertiary/aromatic N) is 1. The third kappa shape index (κ3) is 3.42. The van der Waals surface area contributed by atoms with Crippen molar-refractivity contribution in [1.82, 2.24) is 4.57 Å². The van der Waals surface area contributed by atoms with E-state index >= 15 is 0 Å². The van der Waals surface area contributed by atoms with Crippen LogP contribution in [-0.4, -0.2) is 24.1 Å². The van der Waals surface area contributed by atoms with Crippen molar-refractivity contribution in [1.29, 1.82) is 0 Å². The molecule has 4 rings (SSSR count). The molecule has 0 radical (unpaired) electrons. The van der Waals surface area contributed by atoms with Gasteiger partial charge in [-0.15, -0.1) is 0 Å². The Balaban J connectivity index is 2.07. The lowest BCUT2D eigenvalue weighted by molar-refractivity contribution is -0.137. The molecule has 0 amide bonds. The standard InChI is InChI=1S/C22H18FNO4S2/c1-14-21(18-11-16(23)7-8-19(18)24(14)12-20(25)26)22(15-9-10-29-13-15)30(27,28)17-5-3-2-4-6-17/h2-11,13,22H,12H2,1H3,(H,25,26). The topological polar surface area (TPSA) is 76.4 Å². The zero-order valence-electron chi connectivity index (χ0n) is 15.9. The molecule has 4 aromatic rings. The third-order valence-electron chi connectivity index (χ3n) is 5.12. The molecule has 0 bridgehead atoms. The molecule has 154 valence electrons. The van der Waals surface area contributed by atoms with Crippen LogP contribution in [0.3, 0.4) is 0 Å². The van der Waals surface area contributed by atoms with Crippen LogP contribution in [0.25, 0.3) is 10.9 Å². The van der Waals surface area contributed by atoms with Gasteiger partial charge < -0.3 is 9.67 Å². The maximum absolute atomic E-state index is 14.2. The molecular weight excluding hydrogens is 425 g/mol. The quantitative estimate of drug-likeness (QED) is 0.465. The fraction of sp³-hybridized carbons (Fsp3) is 0.136. The average Bonchev–Trinajstić information content (AvgIpc) is 3.32. The summed E-state index contributed by atoms with van der Waals surface area (Å²) in [7, 11) is -3.90. The Morgan fingerprint density at radius 2 is 1.90 bits per heavy atom. The second kappa shape index (κ2) is 7.70. The number of halogens is 1. The maximum Gasteiger partial charge on any atom is 0.323 e. The van der Waals surface area contributed by atoms with Crippen molar-refractivity contribution < 1.29 is 22.7 Å². The minimum Gasteiger partial charge on any atom is -0.480 e. The van der Waals surface area contributed by atoms with Gasteiger partial charge in [0.15, 0.2) is 9.84 Å². The predicted octanol–water partition coefficient (Wildman–Crippen LogP) is 4.80. The van der Waals surface area contributed by atoms with Crippen LogP contribution in [0.4, 0.5) is 4.39 Å². The molecule has 1 atom stereocenters. The summed E-state index contributed by atoms with van der Waals surface area (Å²) in [6, 6.07) is 13.8. The molecule has 0 fully saturated rings. The third-order valence-corrected chi connectivity index (χ3v) is 7.88. The highest BCUT2D eigenvalue weighted by molar-refractivity contribution is 7.92. The van der Waals surface area contributed by atoms with Crippen molar-refractivity contribution in [3.8, 4) is 0 Å². The first-order valence-corrected chi connectivity index (χ1v) is 11.6. The van der Waals surface area contributed by atoms with E-state index in [0.29, 0.717) is 27.7 Å². The minimum atomic E-state index is -3.90. The number of benzene rings is 2. The van der Waals surface area contributed by atoms with E-state index in [0.717, 1.165) is 0 Å². The first-order chi connectivity index (χ1) is 14.3. The molecule has 8 heteroatoms. The van der Waals surface area contributed by atoms with Crippen LogP contribution in [0, 0.1) is 12.7 Å². The maximum atomic E-state index is 14.2. The number of thiophene rings is 1. The smallest absolute Gasteiger partial charge is 0.323 e. The fourth-order valence-electron chi connectivity index (χ4n) is 3.82. The van der Waals surface area contributed by atoms with Gasteiger partial charge in [0.05, 0.1) is 4.90 Å². The zero-order chi connectivity index (χ0) is 21.5. The van der Waals surface area contributed by atoms with Gasteiger partial charge in [0.25, 0.3) is 0 Å². The van der Waals surface area contributed by atoms with Crippen molar-refractivity contribution in [2.75, 3.05) is 0 Å². The van der Waals surface area contributed by atoms with Crippen LogP contribution in [0.15, 0.2) is 70.3 Å². The summed E-state index contributed by atoms with van der Waals surface area (Å²) in [6.45, 7) is 1.33. The van der Waals surface area contributed by atoms with Crippen molar-refractivity contribution in [2.45, 2.75) is 23.6 Å². The zero-order valence-corrected chi connectivity index (χ0v) is 17.6. The molecule has 30 heavy (non-hydrogen) atoms. The number of hydrogen-bond donors (Lipinski definition) is 1. The summed E-state index contributed by atoms with van der Waals surface area (Å²) in [5.74, 6) is -1.58. The summed E-state index contributed by atoms with van der Waals surface area (Å²) in [5.41, 5.74) is 1.92. The van der Waals surface area contributed by atoms with Crippen molar-refractivity contribution in [3.63, 3.8) is 0 Å². The first kappa shape index (κ1) is 20.3. The van der Waals surface area contributed by atoms with Gasteiger partial charge in [0.2, 0.25) is 0 Å². The molecule has 0 aliphatic rings. The number of fused-ring (bicyclic) bond motifs is 1. The van der Waals surface area contributed by atoms with Crippen LogP contribution < -0.4 is 0 Å². The Morgan fingerprint density at radius 1 is 1.17 bits per heavy atom. The van der Waals surface area contributed by atoms with Crippen molar-refractivity contribution in [3.05, 3.63) is 88.0 Å². The molecule has 0 saturated carbocycles. The van der Waals surface area contributed by atoms with E-state index in [1.165, 1.54) is 46.2 Å². The van der Waals surface area contributed by atoms with E-state index in [1.54, 1.807) is 41.9 Å². The molecule has 2 aromatic carbocycles. The van der Waals surface area contributed by atoms with Crippen LogP contribution >= 0.6 is 11.3 Å². The minimum absolute atomic E-state index is 0.149. The van der Waals surface area contributed by atoms with Crippen molar-refractivity contribution in [2.24, 2.45) is 0 Å². The second-order valence-corrected chi connectivity index (χ2v) is 9.75. The summed E-state index contributed by atoms with van der Waals surface area (Å²) in [5, 5.41) is 12.2. The largest absolute Gasteiger partial charge is 0.480 e. The number of sulfone groups is 1. The van der Waals surface area contributed by atoms with Gasteiger partial charge >= 0.3 is 5.97 Å². The van der Waals surface area contributed by atoms with Gasteiger partial charge in [-0.2, -0.15) is 11.3 Å².